The topological polar surface area (TPSA) is 77.3 Å². The summed E-state index contributed by atoms with van der Waals surface area (Å²) in [5.41, 5.74) is 7.11. The number of hydrogen-bond donors (Lipinski definition) is 0. The Balaban J connectivity index is 1.45. The third-order valence-corrected chi connectivity index (χ3v) is 18.9. The van der Waals surface area contributed by atoms with Crippen LogP contribution in [0.2, 0.25) is 6.04 Å². The van der Waals surface area contributed by atoms with E-state index < -0.39 is 8.80 Å². The van der Waals surface area contributed by atoms with Crippen molar-refractivity contribution in [2.24, 2.45) is 11.8 Å². The summed E-state index contributed by atoms with van der Waals surface area (Å²) in [6.07, 6.45) is 12.6. The number of unbranched alkanes of at least 4 members (excludes halogenated alkanes) is 2. The molecule has 0 saturated carbocycles. The van der Waals surface area contributed by atoms with Gasteiger partial charge in [0.25, 0.3) is 0 Å². The van der Waals surface area contributed by atoms with Crippen LogP contribution in [0.25, 0.3) is 53.0 Å². The minimum Gasteiger partial charge on any atom is -0.252 e. The van der Waals surface area contributed by atoms with Crippen LogP contribution in [0.3, 0.4) is 0 Å². The minimum atomic E-state index is -1.60. The summed E-state index contributed by atoms with van der Waals surface area (Å²) in [6.45, 7) is 12.0. The Labute approximate surface area is 311 Å². The van der Waals surface area contributed by atoms with Crippen molar-refractivity contribution in [3.05, 3.63) is 33.0 Å². The maximum absolute atomic E-state index is 5.07. The van der Waals surface area contributed by atoms with Gasteiger partial charge in [0.1, 0.15) is 42.3 Å². The van der Waals surface area contributed by atoms with Crippen LogP contribution in [-0.4, -0.2) is 36.3 Å². The van der Waals surface area contributed by atoms with Crippen LogP contribution in [0.5, 0.6) is 0 Å². The molecule has 0 aromatic carbocycles. The molecule has 7 heterocycles. The maximum atomic E-state index is 5.07. The second-order valence-electron chi connectivity index (χ2n) is 12.9. The van der Waals surface area contributed by atoms with Gasteiger partial charge < -0.3 is 0 Å². The number of fused-ring (bicyclic) bond motifs is 5. The number of nitrogens with zero attached hydrogens (tertiary/aromatic N) is 6. The number of rotatable bonds is 13. The lowest BCUT2D eigenvalue weighted by atomic mass is 9.85. The van der Waals surface area contributed by atoms with Crippen molar-refractivity contribution in [1.29, 1.82) is 0 Å². The number of thiophene rings is 2. The lowest BCUT2D eigenvalue weighted by molar-refractivity contribution is 0.439. The SMILES string of the molecule is CCCCC(CC)C[Si@@H]1c2cc(-c3ncc(Br)c4nsnc34)sc2-c2sc(-c3ncc(Br)c4nsnc34)c(C(C)C(C)CCCC)c21. The van der Waals surface area contributed by atoms with E-state index in [1.807, 2.05) is 35.1 Å². The highest BCUT2D eigenvalue weighted by molar-refractivity contribution is 9.11. The van der Waals surface area contributed by atoms with Crippen molar-refractivity contribution < 1.29 is 0 Å². The Morgan fingerprint density at radius 2 is 1.36 bits per heavy atom. The first-order valence-corrected chi connectivity index (χ1v) is 23.4. The molecular weight excluding hydrogens is 809 g/mol. The molecule has 1 aliphatic rings. The molecule has 6 aromatic rings. The zero-order valence-electron chi connectivity index (χ0n) is 27.3. The van der Waals surface area contributed by atoms with E-state index in [1.165, 1.54) is 94.0 Å². The molecule has 7 rings (SSSR count). The fourth-order valence-corrected chi connectivity index (χ4v) is 17.6. The number of pyridine rings is 2. The summed E-state index contributed by atoms with van der Waals surface area (Å²) < 4.78 is 20.5. The molecule has 3 unspecified atom stereocenters. The number of halogens is 2. The van der Waals surface area contributed by atoms with Crippen LogP contribution in [0.4, 0.5) is 0 Å². The molecule has 6 aromatic heterocycles. The maximum Gasteiger partial charge on any atom is 0.133 e. The molecule has 0 bridgehead atoms. The quantitative estimate of drug-likeness (QED) is 0.108. The van der Waals surface area contributed by atoms with Gasteiger partial charge in [-0.05, 0) is 77.7 Å². The standard InChI is InChI=1S/C34H38Br2N6S4Si/c1-6-9-11-17(4)18(5)24-32(30-29-26(40-46-42-29)21(36)15-38-30)44-33-31-23(47(34(24)33)16-19(8-3)12-10-7-2)13-22(43-31)27-28-25(39-45-41-28)20(35)14-37-27/h13-15,17-19,47H,6-12,16H2,1-5H3/t17?,18?,19?,47-/m1/s1. The molecule has 0 saturated heterocycles. The average molecular weight is 847 g/mol. The number of hydrogen-bond acceptors (Lipinski definition) is 10. The Kier molecular flexibility index (Phi) is 10.4. The van der Waals surface area contributed by atoms with Gasteiger partial charge in [-0.2, -0.15) is 17.5 Å². The van der Waals surface area contributed by atoms with E-state index in [0.717, 1.165) is 48.3 Å². The molecule has 0 N–H and O–H groups in total. The molecule has 6 nitrogen and oxygen atoms in total. The molecule has 0 amide bonds. The van der Waals surface area contributed by atoms with Crippen molar-refractivity contribution in [2.75, 3.05) is 0 Å². The van der Waals surface area contributed by atoms with Gasteiger partial charge in [0.2, 0.25) is 0 Å². The van der Waals surface area contributed by atoms with Crippen molar-refractivity contribution in [3.63, 3.8) is 0 Å². The van der Waals surface area contributed by atoms with Crippen LogP contribution < -0.4 is 10.4 Å². The highest BCUT2D eigenvalue weighted by Gasteiger charge is 2.41. The Morgan fingerprint density at radius 1 is 0.745 bits per heavy atom. The summed E-state index contributed by atoms with van der Waals surface area (Å²) in [6, 6.07) is 3.80. The van der Waals surface area contributed by atoms with Crippen molar-refractivity contribution >= 4 is 119 Å². The van der Waals surface area contributed by atoms with Gasteiger partial charge in [0.15, 0.2) is 0 Å². The Bertz CT molecular complexity index is 2050. The largest absolute Gasteiger partial charge is 0.252 e. The fraction of sp³-hybridized carbons (Fsp3) is 0.471. The van der Waals surface area contributed by atoms with Crippen LogP contribution in [0, 0.1) is 11.8 Å². The normalized spacial score (nSPS) is 16.2. The molecule has 0 spiro atoms. The Morgan fingerprint density at radius 3 is 2.02 bits per heavy atom. The second-order valence-corrected chi connectivity index (χ2v) is 20.5. The lowest BCUT2D eigenvalue weighted by Crippen LogP contribution is -2.41. The van der Waals surface area contributed by atoms with Crippen molar-refractivity contribution in [3.8, 4) is 30.9 Å². The minimum absolute atomic E-state index is 0.427. The fourth-order valence-electron chi connectivity index (χ4n) is 7.17. The monoisotopic (exact) mass is 844 g/mol. The van der Waals surface area contributed by atoms with Crippen LogP contribution in [-0.2, 0) is 0 Å². The third-order valence-electron chi connectivity index (χ3n) is 10.0. The van der Waals surface area contributed by atoms with Gasteiger partial charge in [0.05, 0.1) is 42.2 Å². The van der Waals surface area contributed by atoms with Gasteiger partial charge in [-0.25, -0.2) is 0 Å². The summed E-state index contributed by atoms with van der Waals surface area (Å²) >= 11 is 13.7. The smallest absolute Gasteiger partial charge is 0.133 e. The summed E-state index contributed by atoms with van der Waals surface area (Å²) in [7, 11) is -1.60. The highest BCUT2D eigenvalue weighted by Crippen LogP contribution is 2.49. The van der Waals surface area contributed by atoms with E-state index in [1.54, 1.807) is 15.9 Å². The molecule has 1 aliphatic heterocycles. The first-order chi connectivity index (χ1) is 22.9. The van der Waals surface area contributed by atoms with Gasteiger partial charge in [-0.3, -0.25) is 9.97 Å². The summed E-state index contributed by atoms with van der Waals surface area (Å²) in [4.78, 5) is 15.4. The highest BCUT2D eigenvalue weighted by atomic mass is 79.9. The van der Waals surface area contributed by atoms with E-state index in [-0.39, 0.29) is 0 Å². The average Bonchev–Trinajstić information content (AvgIpc) is 3.90. The molecule has 246 valence electrons. The third kappa shape index (κ3) is 6.14. The summed E-state index contributed by atoms with van der Waals surface area (Å²) in [5.74, 6) is 1.74. The van der Waals surface area contributed by atoms with E-state index >= 15 is 0 Å². The van der Waals surface area contributed by atoms with E-state index in [4.69, 9.17) is 14.3 Å². The van der Waals surface area contributed by atoms with Gasteiger partial charge in [0, 0.05) is 22.1 Å². The van der Waals surface area contributed by atoms with Crippen molar-refractivity contribution in [2.45, 2.75) is 91.5 Å². The first kappa shape index (κ1) is 34.0. The predicted octanol–water partition coefficient (Wildman–Crippen LogP) is 10.9. The zero-order chi connectivity index (χ0) is 32.8. The zero-order valence-corrected chi connectivity index (χ0v) is 34.9. The molecular formula is C34H38Br2N6S4Si. The van der Waals surface area contributed by atoms with Gasteiger partial charge in [-0.1, -0.05) is 79.6 Å². The molecule has 47 heavy (non-hydrogen) atoms. The molecule has 13 heteroatoms. The van der Waals surface area contributed by atoms with Gasteiger partial charge in [-0.15, -0.1) is 22.7 Å². The molecule has 0 aliphatic carbocycles. The molecule has 0 radical (unpaired) electrons. The Hall–Kier alpha value is -1.48. The van der Waals surface area contributed by atoms with Crippen LogP contribution >= 0.6 is 78.0 Å². The van der Waals surface area contributed by atoms with E-state index in [0.29, 0.717) is 11.8 Å². The predicted molar refractivity (Wildman–Crippen MR) is 213 cm³/mol. The lowest BCUT2D eigenvalue weighted by Gasteiger charge is -2.26. The van der Waals surface area contributed by atoms with Crippen LogP contribution in [0.15, 0.2) is 27.4 Å². The van der Waals surface area contributed by atoms with Gasteiger partial charge >= 0.3 is 0 Å². The summed E-state index contributed by atoms with van der Waals surface area (Å²) in [5, 5.41) is 3.29. The van der Waals surface area contributed by atoms with Crippen LogP contribution in [0.1, 0.15) is 91.0 Å². The second kappa shape index (κ2) is 14.4. The first-order valence-electron chi connectivity index (χ1n) is 16.7. The number of aromatic nitrogens is 6. The molecule has 0 fully saturated rings. The van der Waals surface area contributed by atoms with Crippen molar-refractivity contribution in [1.82, 2.24) is 27.5 Å². The molecule has 4 atom stereocenters. The van der Waals surface area contributed by atoms with E-state index in [9.17, 15) is 0 Å². The van der Waals surface area contributed by atoms with E-state index in [2.05, 4.69) is 85.7 Å².